The molecule has 0 aromatic carbocycles. The average molecular weight is 164 g/mol. The number of rotatable bonds is 0. The van der Waals surface area contributed by atoms with Crippen LogP contribution in [0.2, 0.25) is 0 Å². The zero-order valence-corrected chi connectivity index (χ0v) is 6.50. The number of ether oxygens (including phenoxy) is 1. The van der Waals surface area contributed by atoms with E-state index in [1.165, 1.54) is 12.2 Å². The quantitative estimate of drug-likeness (QED) is 0.487. The minimum Gasteiger partial charge on any atom is -0.376 e. The van der Waals surface area contributed by atoms with Crippen LogP contribution in [-0.4, -0.2) is 24.8 Å². The van der Waals surface area contributed by atoms with Gasteiger partial charge in [-0.2, -0.15) is 0 Å². The average Bonchev–Trinajstić information content (AvgIpc) is 2.12. The van der Waals surface area contributed by atoms with Gasteiger partial charge in [0.25, 0.3) is 0 Å². The molecule has 0 saturated heterocycles. The van der Waals surface area contributed by atoms with E-state index in [0.29, 0.717) is 30.8 Å². The summed E-state index contributed by atoms with van der Waals surface area (Å²) in [7, 11) is 0. The van der Waals surface area contributed by atoms with E-state index >= 15 is 0 Å². The van der Waals surface area contributed by atoms with E-state index in [0.717, 1.165) is 0 Å². The van der Waals surface area contributed by atoms with Crippen LogP contribution in [0.4, 0.5) is 0 Å². The molecule has 3 nitrogen and oxygen atoms in total. The summed E-state index contributed by atoms with van der Waals surface area (Å²) in [5, 5.41) is 0. The topological polar surface area (TPSA) is 43.4 Å². The van der Waals surface area contributed by atoms with Gasteiger partial charge in [0, 0.05) is 17.6 Å². The molecule has 0 spiro atoms. The molecule has 1 aliphatic carbocycles. The van der Waals surface area contributed by atoms with E-state index in [9.17, 15) is 9.59 Å². The molecule has 0 radical (unpaired) electrons. The Labute approximate surface area is 69.7 Å². The van der Waals surface area contributed by atoms with Crippen molar-refractivity contribution in [2.45, 2.75) is 6.42 Å². The zero-order chi connectivity index (χ0) is 8.55. The standard InChI is InChI=1S/C9H8O3/c10-8-1-2-9(11)7-5-12-4-3-6(7)8/h1-2H,3-5H2. The van der Waals surface area contributed by atoms with Crippen LogP contribution >= 0.6 is 0 Å². The third-order valence-electron chi connectivity index (χ3n) is 2.09. The van der Waals surface area contributed by atoms with E-state index in [4.69, 9.17) is 4.74 Å². The second-order valence-electron chi connectivity index (χ2n) is 2.82. The molecule has 3 heteroatoms. The minimum absolute atomic E-state index is 0.0344. The molecule has 0 saturated carbocycles. The highest BCUT2D eigenvalue weighted by Crippen LogP contribution is 2.21. The monoisotopic (exact) mass is 164 g/mol. The summed E-state index contributed by atoms with van der Waals surface area (Å²) in [6.45, 7) is 0.843. The van der Waals surface area contributed by atoms with E-state index in [-0.39, 0.29) is 11.6 Å². The maximum absolute atomic E-state index is 11.2. The Balaban J connectivity index is 2.43. The number of allylic oxidation sites excluding steroid dienone is 2. The first-order valence-electron chi connectivity index (χ1n) is 3.85. The van der Waals surface area contributed by atoms with Crippen LogP contribution in [0, 0.1) is 0 Å². The molecular formula is C9H8O3. The van der Waals surface area contributed by atoms with Crippen molar-refractivity contribution in [3.05, 3.63) is 23.3 Å². The Morgan fingerprint density at radius 3 is 2.42 bits per heavy atom. The van der Waals surface area contributed by atoms with E-state index < -0.39 is 0 Å². The van der Waals surface area contributed by atoms with Crippen molar-refractivity contribution in [1.82, 2.24) is 0 Å². The fraction of sp³-hybridized carbons (Fsp3) is 0.333. The Morgan fingerprint density at radius 2 is 1.75 bits per heavy atom. The Bertz CT molecular complexity index is 280. The highest BCUT2D eigenvalue weighted by atomic mass is 16.5. The summed E-state index contributed by atoms with van der Waals surface area (Å²) in [6, 6.07) is 0. The van der Waals surface area contributed by atoms with Crippen molar-refractivity contribution in [3.63, 3.8) is 0 Å². The van der Waals surface area contributed by atoms with Gasteiger partial charge >= 0.3 is 0 Å². The van der Waals surface area contributed by atoms with Gasteiger partial charge < -0.3 is 4.74 Å². The highest BCUT2D eigenvalue weighted by Gasteiger charge is 2.24. The lowest BCUT2D eigenvalue weighted by Gasteiger charge is -2.19. The Hall–Kier alpha value is -1.22. The van der Waals surface area contributed by atoms with Crippen molar-refractivity contribution >= 4 is 11.6 Å². The minimum atomic E-state index is -0.0794. The maximum atomic E-state index is 11.2. The zero-order valence-electron chi connectivity index (χ0n) is 6.50. The molecule has 12 heavy (non-hydrogen) atoms. The Kier molecular flexibility index (Phi) is 1.66. The molecule has 0 fully saturated rings. The van der Waals surface area contributed by atoms with Crippen LogP contribution in [0.25, 0.3) is 0 Å². The molecule has 1 heterocycles. The summed E-state index contributed by atoms with van der Waals surface area (Å²) in [5.74, 6) is -0.114. The van der Waals surface area contributed by atoms with Crippen LogP contribution in [-0.2, 0) is 14.3 Å². The van der Waals surface area contributed by atoms with Crippen LogP contribution in [0.1, 0.15) is 6.42 Å². The van der Waals surface area contributed by atoms with Crippen LogP contribution in [0.15, 0.2) is 23.3 Å². The molecule has 0 bridgehead atoms. The molecule has 0 amide bonds. The summed E-state index contributed by atoms with van der Waals surface area (Å²) in [4.78, 5) is 22.4. The molecule has 2 rings (SSSR count). The van der Waals surface area contributed by atoms with E-state index in [1.807, 2.05) is 0 Å². The number of carbonyl (C=O) groups excluding carboxylic acids is 2. The molecule has 0 unspecified atom stereocenters. The van der Waals surface area contributed by atoms with Gasteiger partial charge in [-0.15, -0.1) is 0 Å². The first kappa shape index (κ1) is 7.43. The molecule has 2 aliphatic rings. The SMILES string of the molecule is O=C1C=CC(=O)C2=C1CCOC2. The molecule has 0 N–H and O–H groups in total. The normalized spacial score (nSPS) is 23.0. The predicted molar refractivity (Wildman–Crippen MR) is 41.6 cm³/mol. The van der Waals surface area contributed by atoms with Gasteiger partial charge in [-0.1, -0.05) is 0 Å². The second kappa shape index (κ2) is 2.68. The number of ketones is 2. The number of carbonyl (C=O) groups is 2. The van der Waals surface area contributed by atoms with E-state index in [2.05, 4.69) is 0 Å². The van der Waals surface area contributed by atoms with Gasteiger partial charge in [0.15, 0.2) is 11.6 Å². The largest absolute Gasteiger partial charge is 0.376 e. The third-order valence-corrected chi connectivity index (χ3v) is 2.09. The van der Waals surface area contributed by atoms with Gasteiger partial charge in [-0.05, 0) is 12.2 Å². The van der Waals surface area contributed by atoms with Gasteiger partial charge in [-0.3, -0.25) is 9.59 Å². The van der Waals surface area contributed by atoms with Crippen molar-refractivity contribution in [3.8, 4) is 0 Å². The lowest BCUT2D eigenvalue weighted by molar-refractivity contribution is -0.116. The van der Waals surface area contributed by atoms with Gasteiger partial charge in [-0.25, -0.2) is 0 Å². The summed E-state index contributed by atoms with van der Waals surface area (Å²) >= 11 is 0. The van der Waals surface area contributed by atoms with Crippen molar-refractivity contribution < 1.29 is 14.3 Å². The molecule has 0 aromatic rings. The fourth-order valence-corrected chi connectivity index (χ4v) is 1.43. The first-order chi connectivity index (χ1) is 5.79. The summed E-state index contributed by atoms with van der Waals surface area (Å²) in [5.41, 5.74) is 1.20. The molecular weight excluding hydrogens is 156 g/mol. The predicted octanol–water partition coefficient (Wildman–Crippen LogP) is 0.411. The number of hydrogen-bond donors (Lipinski definition) is 0. The molecule has 1 aliphatic heterocycles. The first-order valence-corrected chi connectivity index (χ1v) is 3.85. The molecule has 62 valence electrons. The van der Waals surface area contributed by atoms with E-state index in [1.54, 1.807) is 0 Å². The van der Waals surface area contributed by atoms with Crippen molar-refractivity contribution in [1.29, 1.82) is 0 Å². The highest BCUT2D eigenvalue weighted by molar-refractivity contribution is 6.20. The van der Waals surface area contributed by atoms with Crippen molar-refractivity contribution in [2.24, 2.45) is 0 Å². The van der Waals surface area contributed by atoms with Crippen LogP contribution in [0.3, 0.4) is 0 Å². The van der Waals surface area contributed by atoms with Crippen molar-refractivity contribution in [2.75, 3.05) is 13.2 Å². The Morgan fingerprint density at radius 1 is 1.08 bits per heavy atom. The van der Waals surface area contributed by atoms with Crippen LogP contribution in [0.5, 0.6) is 0 Å². The maximum Gasteiger partial charge on any atom is 0.184 e. The van der Waals surface area contributed by atoms with Crippen LogP contribution < -0.4 is 0 Å². The van der Waals surface area contributed by atoms with Gasteiger partial charge in [0.05, 0.1) is 13.2 Å². The number of hydrogen-bond acceptors (Lipinski definition) is 3. The molecule has 0 atom stereocenters. The third kappa shape index (κ3) is 1.02. The summed E-state index contributed by atoms with van der Waals surface area (Å²) < 4.78 is 5.09. The van der Waals surface area contributed by atoms with Gasteiger partial charge in [0.2, 0.25) is 0 Å². The lowest BCUT2D eigenvalue weighted by atomic mass is 9.92. The second-order valence-corrected chi connectivity index (χ2v) is 2.82. The lowest BCUT2D eigenvalue weighted by Crippen LogP contribution is -2.23. The fourth-order valence-electron chi connectivity index (χ4n) is 1.43. The summed E-state index contributed by atoms with van der Waals surface area (Å²) in [6.07, 6.45) is 3.23. The van der Waals surface area contributed by atoms with Gasteiger partial charge in [0.1, 0.15) is 0 Å². The molecule has 0 aromatic heterocycles. The smallest absolute Gasteiger partial charge is 0.184 e.